The molecule has 0 aliphatic carbocycles. The van der Waals surface area contributed by atoms with Gasteiger partial charge in [-0.05, 0) is 19.1 Å². The summed E-state index contributed by atoms with van der Waals surface area (Å²) in [6.07, 6.45) is 1.91. The highest BCUT2D eigenvalue weighted by Crippen LogP contribution is 2.22. The fourth-order valence-electron chi connectivity index (χ4n) is 1.78. The number of anilines is 2. The van der Waals surface area contributed by atoms with Gasteiger partial charge in [0, 0.05) is 6.20 Å². The lowest BCUT2D eigenvalue weighted by Crippen LogP contribution is -2.42. The maximum atomic E-state index is 6.07. The van der Waals surface area contributed by atoms with Crippen LogP contribution in [0.2, 0.25) is 0 Å². The van der Waals surface area contributed by atoms with Crippen LogP contribution in [0.4, 0.5) is 11.5 Å². The number of hydrogen-bond acceptors (Lipinski definition) is 3. The molecule has 18 heavy (non-hydrogen) atoms. The predicted octanol–water partition coefficient (Wildman–Crippen LogP) is 1.42. The van der Waals surface area contributed by atoms with E-state index >= 15 is 0 Å². The average Bonchev–Trinajstić information content (AvgIpc) is 2.67. The average molecular weight is 248 g/mol. The Morgan fingerprint density at radius 3 is 2.83 bits per heavy atom. The fourth-order valence-corrected chi connectivity index (χ4v) is 1.78. The van der Waals surface area contributed by atoms with Crippen molar-refractivity contribution in [3.63, 3.8) is 0 Å². The lowest BCUT2D eigenvalue weighted by Gasteiger charge is -2.28. The van der Waals surface area contributed by atoms with Gasteiger partial charge in [-0.3, -0.25) is 0 Å². The van der Waals surface area contributed by atoms with E-state index in [2.05, 4.69) is 31.4 Å². The Balaban J connectivity index is 2.06. The number of rotatable bonds is 5. The first-order valence-corrected chi connectivity index (χ1v) is 6.32. The van der Waals surface area contributed by atoms with Crippen molar-refractivity contribution in [1.29, 1.82) is 0 Å². The van der Waals surface area contributed by atoms with Crippen LogP contribution in [0, 0.1) is 0 Å². The van der Waals surface area contributed by atoms with Crippen molar-refractivity contribution in [3.05, 3.63) is 24.4 Å². The summed E-state index contributed by atoms with van der Waals surface area (Å²) in [6, 6.07) is 5.88. The molecule has 0 fully saturated rings. The number of nitrogens with one attached hydrogen (secondary N) is 1. The quantitative estimate of drug-likeness (QED) is 0.787. The van der Waals surface area contributed by atoms with Crippen molar-refractivity contribution in [2.24, 2.45) is 0 Å². The fraction of sp³-hybridized carbons (Fsp3) is 0.462. The van der Waals surface area contributed by atoms with Crippen LogP contribution in [0.5, 0.6) is 0 Å². The smallest absolute Gasteiger partial charge is 0.172 e. The maximum Gasteiger partial charge on any atom is 0.172 e. The zero-order valence-corrected chi connectivity index (χ0v) is 11.3. The molecular formula is C13H22N5+. The second-order valence-electron chi connectivity index (χ2n) is 5.20. The van der Waals surface area contributed by atoms with E-state index < -0.39 is 0 Å². The predicted molar refractivity (Wildman–Crippen MR) is 75.6 cm³/mol. The third-order valence-electron chi connectivity index (χ3n) is 3.44. The number of fused-ring (bicyclic) bond motifs is 1. The molecule has 2 aromatic rings. The van der Waals surface area contributed by atoms with Crippen LogP contribution in [0.15, 0.2) is 24.4 Å². The molecule has 2 heterocycles. The van der Waals surface area contributed by atoms with Crippen LogP contribution in [0.1, 0.15) is 6.92 Å². The number of nitrogen functional groups attached to an aromatic ring is 1. The van der Waals surface area contributed by atoms with Crippen molar-refractivity contribution in [2.75, 3.05) is 44.8 Å². The van der Waals surface area contributed by atoms with Crippen LogP contribution in [0.3, 0.4) is 0 Å². The number of nitrogens with two attached hydrogens (primary N) is 1. The van der Waals surface area contributed by atoms with Gasteiger partial charge in [0.15, 0.2) is 5.82 Å². The summed E-state index contributed by atoms with van der Waals surface area (Å²) in [4.78, 5) is 0. The van der Waals surface area contributed by atoms with Crippen LogP contribution < -0.4 is 11.1 Å². The van der Waals surface area contributed by atoms with E-state index in [1.54, 1.807) is 4.52 Å². The third kappa shape index (κ3) is 2.56. The maximum absolute atomic E-state index is 6.07. The van der Waals surface area contributed by atoms with Gasteiger partial charge in [0.05, 0.1) is 39.2 Å². The topological polar surface area (TPSA) is 55.4 Å². The number of hydrogen-bond donors (Lipinski definition) is 2. The molecule has 0 aromatic carbocycles. The highest BCUT2D eigenvalue weighted by Gasteiger charge is 2.13. The highest BCUT2D eigenvalue weighted by molar-refractivity contribution is 5.80. The molecule has 0 saturated carbocycles. The molecule has 0 radical (unpaired) electrons. The van der Waals surface area contributed by atoms with Gasteiger partial charge in [0.25, 0.3) is 0 Å². The van der Waals surface area contributed by atoms with E-state index in [0.29, 0.717) is 0 Å². The minimum absolute atomic E-state index is 0.720. The van der Waals surface area contributed by atoms with Gasteiger partial charge in [-0.15, -0.1) is 5.10 Å². The van der Waals surface area contributed by atoms with Crippen LogP contribution in [0.25, 0.3) is 5.52 Å². The molecule has 0 atom stereocenters. The lowest BCUT2D eigenvalue weighted by molar-refractivity contribution is -0.886. The standard InChI is InChI=1S/C13H22N5/c1-4-18(2,3)10-8-15-13-12(14)11-7-5-6-9-17(11)16-13/h5-7,9H,4,8,10,14H2,1-3H3,(H,15,16)/q+1. The summed E-state index contributed by atoms with van der Waals surface area (Å²) in [5, 5.41) is 7.75. The molecular weight excluding hydrogens is 226 g/mol. The van der Waals surface area contributed by atoms with Crippen molar-refractivity contribution < 1.29 is 4.48 Å². The van der Waals surface area contributed by atoms with Gasteiger partial charge in [-0.2, -0.15) is 0 Å². The van der Waals surface area contributed by atoms with E-state index in [4.69, 9.17) is 5.73 Å². The Hall–Kier alpha value is -1.75. The van der Waals surface area contributed by atoms with Gasteiger partial charge in [-0.25, -0.2) is 4.52 Å². The number of likely N-dealkylation sites (N-methyl/N-ethyl adjacent to an activating group) is 1. The van der Waals surface area contributed by atoms with Crippen LogP contribution >= 0.6 is 0 Å². The van der Waals surface area contributed by atoms with Gasteiger partial charge in [0.1, 0.15) is 5.69 Å². The SMILES string of the molecule is CC[N+](C)(C)CCNc1nn2ccccc2c1N. The number of pyridine rings is 1. The Kier molecular flexibility index (Phi) is 3.43. The van der Waals surface area contributed by atoms with E-state index in [0.717, 1.165) is 41.1 Å². The molecule has 0 spiro atoms. The molecule has 0 unspecified atom stereocenters. The largest absolute Gasteiger partial charge is 0.394 e. The first kappa shape index (κ1) is 12.7. The van der Waals surface area contributed by atoms with Gasteiger partial charge in [-0.1, -0.05) is 6.07 Å². The molecule has 0 amide bonds. The minimum atomic E-state index is 0.720. The van der Waals surface area contributed by atoms with Crippen molar-refractivity contribution in [3.8, 4) is 0 Å². The third-order valence-corrected chi connectivity index (χ3v) is 3.44. The molecule has 0 aliphatic rings. The van der Waals surface area contributed by atoms with Crippen molar-refractivity contribution in [2.45, 2.75) is 6.92 Å². The number of quaternary nitrogens is 1. The van der Waals surface area contributed by atoms with Gasteiger partial charge in [0.2, 0.25) is 0 Å². The van der Waals surface area contributed by atoms with Gasteiger partial charge >= 0.3 is 0 Å². The molecule has 0 saturated heterocycles. The monoisotopic (exact) mass is 248 g/mol. The summed E-state index contributed by atoms with van der Waals surface area (Å²) in [7, 11) is 4.43. The Bertz CT molecular complexity index is 529. The summed E-state index contributed by atoms with van der Waals surface area (Å²) < 4.78 is 2.79. The van der Waals surface area contributed by atoms with Crippen molar-refractivity contribution >= 4 is 17.0 Å². The molecule has 2 rings (SSSR count). The van der Waals surface area contributed by atoms with Crippen LogP contribution in [-0.4, -0.2) is 47.8 Å². The second kappa shape index (κ2) is 4.86. The first-order valence-electron chi connectivity index (χ1n) is 6.32. The number of aromatic nitrogens is 2. The van der Waals surface area contributed by atoms with Gasteiger partial charge < -0.3 is 15.5 Å². The highest BCUT2D eigenvalue weighted by atomic mass is 15.3. The zero-order valence-electron chi connectivity index (χ0n) is 11.3. The number of nitrogens with zero attached hydrogens (tertiary/aromatic N) is 3. The van der Waals surface area contributed by atoms with E-state index in [-0.39, 0.29) is 0 Å². The molecule has 3 N–H and O–H groups in total. The normalized spacial score (nSPS) is 11.9. The van der Waals surface area contributed by atoms with E-state index in [1.807, 2.05) is 24.4 Å². The first-order chi connectivity index (χ1) is 8.53. The zero-order chi connectivity index (χ0) is 13.2. The van der Waals surface area contributed by atoms with E-state index in [1.165, 1.54) is 0 Å². The lowest BCUT2D eigenvalue weighted by atomic mass is 10.3. The Morgan fingerprint density at radius 1 is 1.39 bits per heavy atom. The Morgan fingerprint density at radius 2 is 2.17 bits per heavy atom. The molecule has 98 valence electrons. The molecule has 0 bridgehead atoms. The molecule has 5 nitrogen and oxygen atoms in total. The summed E-state index contributed by atoms with van der Waals surface area (Å²) in [5.74, 6) is 0.775. The van der Waals surface area contributed by atoms with Crippen LogP contribution in [-0.2, 0) is 0 Å². The molecule has 2 aromatic heterocycles. The van der Waals surface area contributed by atoms with Crippen molar-refractivity contribution in [1.82, 2.24) is 9.61 Å². The summed E-state index contributed by atoms with van der Waals surface area (Å²) in [6.45, 7) is 5.22. The minimum Gasteiger partial charge on any atom is -0.394 e. The molecule has 0 aliphatic heterocycles. The Labute approximate surface area is 108 Å². The summed E-state index contributed by atoms with van der Waals surface area (Å²) in [5.41, 5.74) is 7.74. The summed E-state index contributed by atoms with van der Waals surface area (Å²) >= 11 is 0. The van der Waals surface area contributed by atoms with E-state index in [9.17, 15) is 0 Å². The second-order valence-corrected chi connectivity index (χ2v) is 5.20. The molecule has 5 heteroatoms.